The minimum absolute atomic E-state index is 0.0677. The van der Waals surface area contributed by atoms with E-state index in [4.69, 9.17) is 10.2 Å². The lowest BCUT2D eigenvalue weighted by Crippen LogP contribution is -2.16. The van der Waals surface area contributed by atoms with Crippen molar-refractivity contribution in [3.63, 3.8) is 0 Å². The minimum atomic E-state index is -1.13. The van der Waals surface area contributed by atoms with E-state index in [-0.39, 0.29) is 11.3 Å². The second kappa shape index (κ2) is 4.08. The summed E-state index contributed by atoms with van der Waals surface area (Å²) in [6.45, 7) is 5.67. The second-order valence-corrected chi connectivity index (χ2v) is 5.32. The third-order valence-electron chi connectivity index (χ3n) is 2.76. The molecule has 0 aromatic carbocycles. The maximum absolute atomic E-state index is 11.2. The molecule has 0 radical (unpaired) electrons. The van der Waals surface area contributed by atoms with Crippen LogP contribution in [0.1, 0.15) is 47.4 Å². The van der Waals surface area contributed by atoms with Crippen LogP contribution in [-0.2, 0) is 5.41 Å². The van der Waals surface area contributed by atoms with Gasteiger partial charge in [-0.2, -0.15) is 0 Å². The minimum Gasteiger partial charge on any atom is -0.478 e. The van der Waals surface area contributed by atoms with Crippen LogP contribution in [0.2, 0.25) is 0 Å². The number of fused-ring (bicyclic) bond motifs is 1. The molecule has 2 heterocycles. The first-order chi connectivity index (χ1) is 8.71. The summed E-state index contributed by atoms with van der Waals surface area (Å²) in [5.74, 6) is -1.67. The highest BCUT2D eigenvalue weighted by Crippen LogP contribution is 2.25. The van der Waals surface area contributed by atoms with Crippen LogP contribution in [0.5, 0.6) is 0 Å². The standard InChI is InChI=1S/C13H14N2O4/c1-13(2,3)12-14-9(11(18)19)8-5-4-7(10(16)17)6-15(8)12/h4-6H,1-3H3,(H,16,17)(H,18,19). The maximum Gasteiger partial charge on any atom is 0.356 e. The summed E-state index contributed by atoms with van der Waals surface area (Å²) in [4.78, 5) is 26.3. The molecule has 6 nitrogen and oxygen atoms in total. The molecule has 6 heteroatoms. The predicted octanol–water partition coefficient (Wildman–Crippen LogP) is 2.03. The number of rotatable bonds is 2. The smallest absolute Gasteiger partial charge is 0.356 e. The van der Waals surface area contributed by atoms with Crippen LogP contribution in [-0.4, -0.2) is 31.5 Å². The van der Waals surface area contributed by atoms with Gasteiger partial charge in [0.1, 0.15) is 5.82 Å². The Morgan fingerprint density at radius 1 is 1.16 bits per heavy atom. The van der Waals surface area contributed by atoms with Crippen LogP contribution < -0.4 is 0 Å². The zero-order valence-corrected chi connectivity index (χ0v) is 10.8. The molecule has 0 saturated carbocycles. The van der Waals surface area contributed by atoms with E-state index < -0.39 is 17.4 Å². The maximum atomic E-state index is 11.2. The van der Waals surface area contributed by atoms with Gasteiger partial charge in [0.2, 0.25) is 0 Å². The molecule has 2 N–H and O–H groups in total. The van der Waals surface area contributed by atoms with E-state index in [1.165, 1.54) is 22.7 Å². The topological polar surface area (TPSA) is 91.9 Å². The fourth-order valence-electron chi connectivity index (χ4n) is 1.90. The molecule has 0 fully saturated rings. The lowest BCUT2D eigenvalue weighted by atomic mass is 9.96. The second-order valence-electron chi connectivity index (χ2n) is 5.32. The molecule has 0 spiro atoms. The SMILES string of the molecule is CC(C)(C)c1nc(C(=O)O)c2ccc(C(=O)O)cn12. The molecule has 0 atom stereocenters. The van der Waals surface area contributed by atoms with Crippen LogP contribution in [0.4, 0.5) is 0 Å². The van der Waals surface area contributed by atoms with E-state index in [1.807, 2.05) is 20.8 Å². The summed E-state index contributed by atoms with van der Waals surface area (Å²) in [7, 11) is 0. The number of pyridine rings is 1. The molecular weight excluding hydrogens is 248 g/mol. The Bertz CT molecular complexity index is 680. The van der Waals surface area contributed by atoms with Crippen molar-refractivity contribution in [3.05, 3.63) is 35.4 Å². The molecule has 0 saturated heterocycles. The number of aromatic carboxylic acids is 2. The van der Waals surface area contributed by atoms with Crippen molar-refractivity contribution in [3.8, 4) is 0 Å². The van der Waals surface area contributed by atoms with E-state index >= 15 is 0 Å². The first-order valence-electron chi connectivity index (χ1n) is 5.71. The number of hydrogen-bond acceptors (Lipinski definition) is 3. The average Bonchev–Trinajstić information content (AvgIpc) is 2.66. The summed E-state index contributed by atoms with van der Waals surface area (Å²) < 4.78 is 1.53. The normalized spacial score (nSPS) is 11.7. The third-order valence-corrected chi connectivity index (χ3v) is 2.76. The Balaban J connectivity index is 2.84. The van der Waals surface area contributed by atoms with Gasteiger partial charge >= 0.3 is 11.9 Å². The fourth-order valence-corrected chi connectivity index (χ4v) is 1.90. The molecule has 0 bridgehead atoms. The van der Waals surface area contributed by atoms with E-state index in [9.17, 15) is 9.59 Å². The van der Waals surface area contributed by atoms with Gasteiger partial charge in [0, 0.05) is 11.6 Å². The number of nitrogens with zero attached hydrogens (tertiary/aromatic N) is 2. The molecule has 0 aliphatic carbocycles. The van der Waals surface area contributed by atoms with E-state index in [1.54, 1.807) is 0 Å². The highest BCUT2D eigenvalue weighted by Gasteiger charge is 2.25. The van der Waals surface area contributed by atoms with Gasteiger partial charge in [0.25, 0.3) is 0 Å². The molecule has 0 amide bonds. The number of carbonyl (C=O) groups is 2. The number of imidazole rings is 1. The predicted molar refractivity (Wildman–Crippen MR) is 67.8 cm³/mol. The lowest BCUT2D eigenvalue weighted by Gasteiger charge is -2.16. The van der Waals surface area contributed by atoms with Crippen molar-refractivity contribution >= 4 is 17.5 Å². The lowest BCUT2D eigenvalue weighted by molar-refractivity contribution is 0.0684. The quantitative estimate of drug-likeness (QED) is 0.863. The summed E-state index contributed by atoms with van der Waals surface area (Å²) >= 11 is 0. The summed E-state index contributed by atoms with van der Waals surface area (Å²) in [6.07, 6.45) is 1.40. The Hall–Kier alpha value is -2.37. The van der Waals surface area contributed by atoms with Gasteiger partial charge in [-0.25, -0.2) is 14.6 Å². The van der Waals surface area contributed by atoms with Crippen molar-refractivity contribution in [2.75, 3.05) is 0 Å². The van der Waals surface area contributed by atoms with Gasteiger partial charge in [-0.1, -0.05) is 20.8 Å². The Morgan fingerprint density at radius 2 is 1.79 bits per heavy atom. The van der Waals surface area contributed by atoms with Crippen molar-refractivity contribution in [2.45, 2.75) is 26.2 Å². The number of aromatic nitrogens is 2. The largest absolute Gasteiger partial charge is 0.478 e. The van der Waals surface area contributed by atoms with Crippen LogP contribution in [0.15, 0.2) is 18.3 Å². The highest BCUT2D eigenvalue weighted by molar-refractivity contribution is 5.95. The molecule has 0 aliphatic rings. The molecule has 2 aromatic rings. The Morgan fingerprint density at radius 3 is 2.26 bits per heavy atom. The molecule has 2 aromatic heterocycles. The number of carboxylic acids is 2. The van der Waals surface area contributed by atoms with Crippen LogP contribution >= 0.6 is 0 Å². The zero-order chi connectivity index (χ0) is 14.4. The molecule has 0 unspecified atom stereocenters. The van der Waals surface area contributed by atoms with Crippen LogP contribution in [0.25, 0.3) is 5.52 Å². The number of carboxylic acid groups (broad SMARTS) is 2. The molecular formula is C13H14N2O4. The fraction of sp³-hybridized carbons (Fsp3) is 0.308. The zero-order valence-electron chi connectivity index (χ0n) is 10.8. The highest BCUT2D eigenvalue weighted by atomic mass is 16.4. The Labute approximate surface area is 109 Å². The van der Waals surface area contributed by atoms with Gasteiger partial charge < -0.3 is 14.6 Å². The van der Waals surface area contributed by atoms with E-state index in [0.29, 0.717) is 11.3 Å². The summed E-state index contributed by atoms with van der Waals surface area (Å²) in [5.41, 5.74) is 0.0184. The molecule has 19 heavy (non-hydrogen) atoms. The van der Waals surface area contributed by atoms with Crippen molar-refractivity contribution in [1.29, 1.82) is 0 Å². The molecule has 2 rings (SSSR count). The van der Waals surface area contributed by atoms with E-state index in [0.717, 1.165) is 0 Å². The first-order valence-corrected chi connectivity index (χ1v) is 5.71. The van der Waals surface area contributed by atoms with Gasteiger partial charge in [0.05, 0.1) is 11.1 Å². The number of hydrogen-bond donors (Lipinski definition) is 2. The first kappa shape index (κ1) is 13.1. The Kier molecular flexibility index (Phi) is 2.81. The van der Waals surface area contributed by atoms with Crippen molar-refractivity contribution in [2.24, 2.45) is 0 Å². The van der Waals surface area contributed by atoms with Crippen molar-refractivity contribution < 1.29 is 19.8 Å². The third kappa shape index (κ3) is 2.16. The van der Waals surface area contributed by atoms with Gasteiger partial charge in [-0.15, -0.1) is 0 Å². The van der Waals surface area contributed by atoms with E-state index in [2.05, 4.69) is 4.98 Å². The van der Waals surface area contributed by atoms with Gasteiger partial charge in [-0.3, -0.25) is 0 Å². The van der Waals surface area contributed by atoms with Crippen LogP contribution in [0, 0.1) is 0 Å². The molecule has 0 aliphatic heterocycles. The summed E-state index contributed by atoms with van der Waals surface area (Å²) in [6, 6.07) is 2.84. The van der Waals surface area contributed by atoms with Crippen LogP contribution in [0.3, 0.4) is 0 Å². The average molecular weight is 262 g/mol. The van der Waals surface area contributed by atoms with Gasteiger partial charge in [-0.05, 0) is 12.1 Å². The van der Waals surface area contributed by atoms with Crippen molar-refractivity contribution in [1.82, 2.24) is 9.38 Å². The monoisotopic (exact) mass is 262 g/mol. The summed E-state index contributed by atoms with van der Waals surface area (Å²) in [5, 5.41) is 18.2. The molecule has 100 valence electrons. The van der Waals surface area contributed by atoms with Gasteiger partial charge in [0.15, 0.2) is 5.69 Å².